The molecule has 0 aliphatic heterocycles. The Morgan fingerprint density at radius 2 is 2.09 bits per heavy atom. The average Bonchev–Trinajstić information content (AvgIpc) is 2.49. The Balaban J connectivity index is 1.85. The minimum absolute atomic E-state index is 0.144. The van der Waals surface area contributed by atoms with Crippen LogP contribution in [0.3, 0.4) is 0 Å². The molecular formula is C17H23ClN2O3. The molecule has 0 spiro atoms. The SMILES string of the molecule is CC1CCCC(NC(=O)COC(=O)c2ccc(Cl)cc2N)C1C. The van der Waals surface area contributed by atoms with Gasteiger partial charge in [-0.2, -0.15) is 0 Å². The van der Waals surface area contributed by atoms with Crippen LogP contribution in [0.1, 0.15) is 43.5 Å². The predicted octanol–water partition coefficient (Wildman–Crippen LogP) is 3.02. The third kappa shape index (κ3) is 4.61. The summed E-state index contributed by atoms with van der Waals surface area (Å²) in [6.07, 6.45) is 3.27. The number of esters is 1. The number of amides is 1. The lowest BCUT2D eigenvalue weighted by Gasteiger charge is -2.34. The number of nitrogens with two attached hydrogens (primary N) is 1. The fourth-order valence-corrected chi connectivity index (χ4v) is 3.14. The van der Waals surface area contributed by atoms with Gasteiger partial charge in [0.05, 0.1) is 5.56 Å². The molecule has 3 atom stereocenters. The topological polar surface area (TPSA) is 81.4 Å². The normalized spacial score (nSPS) is 24.0. The Morgan fingerprint density at radius 1 is 1.35 bits per heavy atom. The van der Waals surface area contributed by atoms with Crippen molar-refractivity contribution in [1.82, 2.24) is 5.32 Å². The van der Waals surface area contributed by atoms with E-state index in [4.69, 9.17) is 22.1 Å². The Labute approximate surface area is 141 Å². The van der Waals surface area contributed by atoms with Crippen LogP contribution in [0.2, 0.25) is 5.02 Å². The minimum atomic E-state index is -0.626. The molecule has 23 heavy (non-hydrogen) atoms. The smallest absolute Gasteiger partial charge is 0.340 e. The third-order valence-electron chi connectivity index (χ3n) is 4.62. The summed E-state index contributed by atoms with van der Waals surface area (Å²) in [6, 6.07) is 4.66. The molecule has 2 rings (SSSR count). The molecular weight excluding hydrogens is 316 g/mol. The summed E-state index contributed by atoms with van der Waals surface area (Å²) in [7, 11) is 0. The van der Waals surface area contributed by atoms with Crippen molar-refractivity contribution in [2.75, 3.05) is 12.3 Å². The molecule has 1 aliphatic rings. The van der Waals surface area contributed by atoms with Crippen LogP contribution >= 0.6 is 11.6 Å². The van der Waals surface area contributed by atoms with Gasteiger partial charge in [-0.1, -0.05) is 38.3 Å². The van der Waals surface area contributed by atoms with Crippen LogP contribution in [0.15, 0.2) is 18.2 Å². The molecule has 0 bridgehead atoms. The Morgan fingerprint density at radius 3 is 2.78 bits per heavy atom. The second-order valence-corrected chi connectivity index (χ2v) is 6.69. The van der Waals surface area contributed by atoms with E-state index in [-0.39, 0.29) is 29.8 Å². The van der Waals surface area contributed by atoms with Crippen LogP contribution < -0.4 is 11.1 Å². The van der Waals surface area contributed by atoms with Crippen molar-refractivity contribution in [2.24, 2.45) is 11.8 Å². The maximum absolute atomic E-state index is 12.0. The number of rotatable bonds is 4. The van der Waals surface area contributed by atoms with Crippen LogP contribution in [0.25, 0.3) is 0 Å². The Kier molecular flexibility index (Phi) is 5.88. The predicted molar refractivity (Wildman–Crippen MR) is 90.3 cm³/mol. The van der Waals surface area contributed by atoms with Crippen molar-refractivity contribution in [3.8, 4) is 0 Å². The van der Waals surface area contributed by atoms with Gasteiger partial charge in [-0.15, -0.1) is 0 Å². The number of carbonyl (C=O) groups is 2. The van der Waals surface area contributed by atoms with Crippen LogP contribution in [0.4, 0.5) is 5.69 Å². The van der Waals surface area contributed by atoms with Gasteiger partial charge in [-0.05, 0) is 36.5 Å². The average molecular weight is 339 g/mol. The van der Waals surface area contributed by atoms with Crippen molar-refractivity contribution >= 4 is 29.2 Å². The van der Waals surface area contributed by atoms with E-state index in [0.717, 1.165) is 12.8 Å². The zero-order valence-electron chi connectivity index (χ0n) is 13.5. The van der Waals surface area contributed by atoms with E-state index in [1.807, 2.05) is 0 Å². The molecule has 1 aromatic rings. The van der Waals surface area contributed by atoms with Gasteiger partial charge < -0.3 is 15.8 Å². The van der Waals surface area contributed by atoms with Crippen molar-refractivity contribution in [3.63, 3.8) is 0 Å². The van der Waals surface area contributed by atoms with Gasteiger partial charge in [-0.3, -0.25) is 4.79 Å². The van der Waals surface area contributed by atoms with Crippen molar-refractivity contribution in [2.45, 2.75) is 39.2 Å². The molecule has 1 aromatic carbocycles. The first kappa shape index (κ1) is 17.6. The van der Waals surface area contributed by atoms with Gasteiger partial charge in [0.25, 0.3) is 5.91 Å². The van der Waals surface area contributed by atoms with E-state index in [2.05, 4.69) is 19.2 Å². The van der Waals surface area contributed by atoms with E-state index in [1.54, 1.807) is 6.07 Å². The molecule has 1 saturated carbocycles. The highest BCUT2D eigenvalue weighted by Crippen LogP contribution is 2.29. The Hall–Kier alpha value is -1.75. The number of hydrogen-bond acceptors (Lipinski definition) is 4. The van der Waals surface area contributed by atoms with Crippen LogP contribution in [0.5, 0.6) is 0 Å². The summed E-state index contributed by atoms with van der Waals surface area (Å²) in [5.41, 5.74) is 6.17. The van der Waals surface area contributed by atoms with E-state index in [1.165, 1.54) is 18.6 Å². The summed E-state index contributed by atoms with van der Waals surface area (Å²) < 4.78 is 5.04. The summed E-state index contributed by atoms with van der Waals surface area (Å²) in [5, 5.41) is 3.40. The van der Waals surface area contributed by atoms with Gasteiger partial charge in [0.1, 0.15) is 0 Å². The van der Waals surface area contributed by atoms with Crippen LogP contribution in [0, 0.1) is 11.8 Å². The lowest BCUT2D eigenvalue weighted by molar-refractivity contribution is -0.125. The fraction of sp³-hybridized carbons (Fsp3) is 0.529. The first-order chi connectivity index (χ1) is 10.9. The summed E-state index contributed by atoms with van der Waals surface area (Å²) >= 11 is 5.79. The second-order valence-electron chi connectivity index (χ2n) is 6.25. The van der Waals surface area contributed by atoms with E-state index in [9.17, 15) is 9.59 Å². The van der Waals surface area contributed by atoms with E-state index in [0.29, 0.717) is 16.9 Å². The monoisotopic (exact) mass is 338 g/mol. The molecule has 0 radical (unpaired) electrons. The largest absolute Gasteiger partial charge is 0.452 e. The first-order valence-corrected chi connectivity index (χ1v) is 8.27. The summed E-state index contributed by atoms with van der Waals surface area (Å²) in [4.78, 5) is 24.0. The van der Waals surface area contributed by atoms with E-state index >= 15 is 0 Å². The number of halogens is 1. The number of carbonyl (C=O) groups excluding carboxylic acids is 2. The number of ether oxygens (including phenoxy) is 1. The standard InChI is InChI=1S/C17H23ClN2O3/c1-10-4-3-5-15(11(10)2)20-16(21)9-23-17(22)13-7-6-12(18)8-14(13)19/h6-8,10-11,15H,3-5,9,19H2,1-2H3,(H,20,21). The molecule has 1 aliphatic carbocycles. The second kappa shape index (κ2) is 7.68. The molecule has 1 fully saturated rings. The Bertz CT molecular complexity index is 591. The lowest BCUT2D eigenvalue weighted by Crippen LogP contribution is -2.45. The number of benzene rings is 1. The molecule has 1 amide bonds. The van der Waals surface area contributed by atoms with Crippen molar-refractivity contribution in [1.29, 1.82) is 0 Å². The first-order valence-electron chi connectivity index (χ1n) is 7.90. The fourth-order valence-electron chi connectivity index (χ4n) is 2.96. The molecule has 0 heterocycles. The summed E-state index contributed by atoms with van der Waals surface area (Å²) in [5.74, 6) is 0.108. The minimum Gasteiger partial charge on any atom is -0.452 e. The number of nitrogen functional groups attached to an aromatic ring is 1. The number of hydrogen-bond donors (Lipinski definition) is 2. The molecule has 6 heteroatoms. The maximum Gasteiger partial charge on any atom is 0.340 e. The molecule has 0 aromatic heterocycles. The van der Waals surface area contributed by atoms with Gasteiger partial charge in [-0.25, -0.2) is 4.79 Å². The highest BCUT2D eigenvalue weighted by Gasteiger charge is 2.28. The maximum atomic E-state index is 12.0. The molecule has 5 nitrogen and oxygen atoms in total. The zero-order valence-corrected chi connectivity index (χ0v) is 14.2. The van der Waals surface area contributed by atoms with Crippen LogP contribution in [-0.2, 0) is 9.53 Å². The van der Waals surface area contributed by atoms with Crippen LogP contribution in [-0.4, -0.2) is 24.5 Å². The highest BCUT2D eigenvalue weighted by molar-refractivity contribution is 6.31. The van der Waals surface area contributed by atoms with Crippen molar-refractivity contribution < 1.29 is 14.3 Å². The van der Waals surface area contributed by atoms with E-state index < -0.39 is 5.97 Å². The molecule has 0 saturated heterocycles. The lowest BCUT2D eigenvalue weighted by atomic mass is 9.78. The summed E-state index contributed by atoms with van der Waals surface area (Å²) in [6.45, 7) is 4.04. The van der Waals surface area contributed by atoms with Crippen molar-refractivity contribution in [3.05, 3.63) is 28.8 Å². The quantitative estimate of drug-likeness (QED) is 0.653. The van der Waals surface area contributed by atoms with Gasteiger partial charge >= 0.3 is 5.97 Å². The third-order valence-corrected chi connectivity index (χ3v) is 4.86. The van der Waals surface area contributed by atoms with Gasteiger partial charge in [0.2, 0.25) is 0 Å². The zero-order chi connectivity index (χ0) is 17.0. The van der Waals surface area contributed by atoms with Gasteiger partial charge in [0, 0.05) is 16.8 Å². The molecule has 3 N–H and O–H groups in total. The van der Waals surface area contributed by atoms with Gasteiger partial charge in [0.15, 0.2) is 6.61 Å². The molecule has 126 valence electrons. The molecule has 3 unspecified atom stereocenters. The number of anilines is 1. The number of nitrogens with one attached hydrogen (secondary N) is 1. The highest BCUT2D eigenvalue weighted by atomic mass is 35.5.